The highest BCUT2D eigenvalue weighted by atomic mass is 32.2. The maximum absolute atomic E-state index is 12.6. The number of aromatic nitrogens is 3. The minimum Gasteiger partial charge on any atom is -0.508 e. The van der Waals surface area contributed by atoms with Crippen molar-refractivity contribution in [3.8, 4) is 40.1 Å². The van der Waals surface area contributed by atoms with Gasteiger partial charge >= 0.3 is 0 Å². The molecule has 0 aliphatic carbocycles. The number of methoxy groups -OCH3 is 3. The first-order chi connectivity index (χ1) is 18.4. The Morgan fingerprint density at radius 2 is 1.63 bits per heavy atom. The number of phenols is 1. The first-order valence-corrected chi connectivity index (χ1v) is 12.5. The molecule has 2 N–H and O–H groups in total. The molecule has 1 amide bonds. The van der Waals surface area contributed by atoms with Gasteiger partial charge in [-0.15, -0.1) is 10.2 Å². The summed E-state index contributed by atoms with van der Waals surface area (Å²) in [5.74, 6) is 1.91. The van der Waals surface area contributed by atoms with E-state index < -0.39 is 0 Å². The van der Waals surface area contributed by atoms with Crippen molar-refractivity contribution < 1.29 is 24.1 Å². The first kappa shape index (κ1) is 26.6. The third kappa shape index (κ3) is 5.89. The van der Waals surface area contributed by atoms with Gasteiger partial charge in [0.05, 0.1) is 32.8 Å². The van der Waals surface area contributed by atoms with Crippen LogP contribution in [0.15, 0.2) is 77.0 Å². The number of thioether (sulfide) groups is 1. The van der Waals surface area contributed by atoms with Crippen molar-refractivity contribution in [1.29, 1.82) is 0 Å². The predicted molar refractivity (Wildman–Crippen MR) is 146 cm³/mol. The number of hydrogen-bond acceptors (Lipinski definition) is 9. The maximum Gasteiger partial charge on any atom is 0.250 e. The Kier molecular flexibility index (Phi) is 8.49. The van der Waals surface area contributed by atoms with E-state index in [1.54, 1.807) is 64.7 Å². The van der Waals surface area contributed by atoms with Crippen LogP contribution in [0.25, 0.3) is 17.1 Å². The monoisotopic (exact) mass is 533 g/mol. The van der Waals surface area contributed by atoms with Gasteiger partial charge in [-0.05, 0) is 61.0 Å². The van der Waals surface area contributed by atoms with Gasteiger partial charge < -0.3 is 19.3 Å². The largest absolute Gasteiger partial charge is 0.508 e. The Balaban J connectivity index is 1.60. The third-order valence-electron chi connectivity index (χ3n) is 5.54. The molecule has 0 spiro atoms. The van der Waals surface area contributed by atoms with Crippen LogP contribution in [0.2, 0.25) is 0 Å². The van der Waals surface area contributed by atoms with E-state index >= 15 is 0 Å². The van der Waals surface area contributed by atoms with Gasteiger partial charge in [-0.2, -0.15) is 5.10 Å². The van der Waals surface area contributed by atoms with Crippen LogP contribution in [-0.2, 0) is 4.79 Å². The molecule has 0 saturated heterocycles. The van der Waals surface area contributed by atoms with Crippen LogP contribution in [-0.4, -0.2) is 58.6 Å². The molecule has 0 atom stereocenters. The van der Waals surface area contributed by atoms with Crippen LogP contribution in [0.1, 0.15) is 12.5 Å². The fourth-order valence-corrected chi connectivity index (χ4v) is 4.39. The summed E-state index contributed by atoms with van der Waals surface area (Å²) in [6.07, 6.45) is 0. The van der Waals surface area contributed by atoms with Crippen molar-refractivity contribution >= 4 is 23.4 Å². The lowest BCUT2D eigenvalue weighted by Gasteiger charge is -2.15. The number of carbonyl (C=O) groups excluding carboxylic acids is 1. The normalized spacial score (nSPS) is 11.2. The molecule has 0 saturated carbocycles. The highest BCUT2D eigenvalue weighted by Gasteiger charge is 2.21. The van der Waals surface area contributed by atoms with Crippen molar-refractivity contribution in [3.05, 3.63) is 72.3 Å². The van der Waals surface area contributed by atoms with Gasteiger partial charge in [-0.3, -0.25) is 9.36 Å². The molecule has 0 radical (unpaired) electrons. The molecule has 4 aromatic rings. The predicted octanol–water partition coefficient (Wildman–Crippen LogP) is 4.30. The number of carbonyl (C=O) groups is 1. The van der Waals surface area contributed by atoms with E-state index in [4.69, 9.17) is 14.2 Å². The number of benzene rings is 3. The quantitative estimate of drug-likeness (QED) is 0.176. The number of hydrazone groups is 1. The van der Waals surface area contributed by atoms with Crippen LogP contribution in [0.5, 0.6) is 23.0 Å². The Morgan fingerprint density at radius 3 is 2.24 bits per heavy atom. The molecular weight excluding hydrogens is 506 g/mol. The second-order valence-electron chi connectivity index (χ2n) is 7.96. The van der Waals surface area contributed by atoms with E-state index in [2.05, 4.69) is 20.7 Å². The number of amides is 1. The molecule has 1 aromatic heterocycles. The number of rotatable bonds is 10. The summed E-state index contributed by atoms with van der Waals surface area (Å²) >= 11 is 1.23. The van der Waals surface area contributed by atoms with Crippen molar-refractivity contribution in [3.63, 3.8) is 0 Å². The van der Waals surface area contributed by atoms with Gasteiger partial charge in [0.15, 0.2) is 22.5 Å². The number of aromatic hydroxyl groups is 1. The van der Waals surface area contributed by atoms with Gasteiger partial charge in [-0.25, -0.2) is 5.43 Å². The minimum atomic E-state index is -0.301. The smallest absolute Gasteiger partial charge is 0.250 e. The lowest BCUT2D eigenvalue weighted by Crippen LogP contribution is -2.21. The van der Waals surface area contributed by atoms with E-state index in [0.29, 0.717) is 39.5 Å². The summed E-state index contributed by atoms with van der Waals surface area (Å²) in [4.78, 5) is 12.6. The lowest BCUT2D eigenvalue weighted by molar-refractivity contribution is -0.118. The summed E-state index contributed by atoms with van der Waals surface area (Å²) in [5.41, 5.74) is 5.49. The second-order valence-corrected chi connectivity index (χ2v) is 8.90. The second kappa shape index (κ2) is 12.2. The molecule has 0 bridgehead atoms. The molecule has 0 unspecified atom stereocenters. The molecular formula is C27H27N5O5S. The van der Waals surface area contributed by atoms with Crippen molar-refractivity contribution in [2.75, 3.05) is 27.1 Å². The summed E-state index contributed by atoms with van der Waals surface area (Å²) in [7, 11) is 4.64. The molecule has 0 aliphatic rings. The summed E-state index contributed by atoms with van der Waals surface area (Å²) in [5, 5.41) is 22.9. The maximum atomic E-state index is 12.6. The SMILES string of the molecule is COc1cc(-c2nnc(SCC(=O)N/N=C(\C)c3ccc(O)cc3)n2-c2ccccc2)cc(OC)c1OC. The zero-order chi connectivity index (χ0) is 27.1. The zero-order valence-electron chi connectivity index (χ0n) is 21.3. The van der Waals surface area contributed by atoms with Gasteiger partial charge in [0.25, 0.3) is 5.91 Å². The van der Waals surface area contributed by atoms with Crippen molar-refractivity contribution in [1.82, 2.24) is 20.2 Å². The zero-order valence-corrected chi connectivity index (χ0v) is 22.2. The topological polar surface area (TPSA) is 120 Å². The summed E-state index contributed by atoms with van der Waals surface area (Å²) < 4.78 is 18.3. The van der Waals surface area contributed by atoms with Crippen LogP contribution < -0.4 is 19.6 Å². The highest BCUT2D eigenvalue weighted by Crippen LogP contribution is 2.41. The molecule has 10 nitrogen and oxygen atoms in total. The van der Waals surface area contributed by atoms with E-state index in [-0.39, 0.29) is 17.4 Å². The van der Waals surface area contributed by atoms with Gasteiger partial charge in [0.1, 0.15) is 5.75 Å². The number of ether oxygens (including phenoxy) is 3. The molecule has 3 aromatic carbocycles. The van der Waals surface area contributed by atoms with Gasteiger partial charge in [0, 0.05) is 11.3 Å². The molecule has 0 fully saturated rings. The third-order valence-corrected chi connectivity index (χ3v) is 6.47. The lowest BCUT2D eigenvalue weighted by atomic mass is 10.1. The Morgan fingerprint density at radius 1 is 0.974 bits per heavy atom. The molecule has 196 valence electrons. The fraction of sp³-hybridized carbons (Fsp3) is 0.185. The summed E-state index contributed by atoms with van der Waals surface area (Å²) in [6.45, 7) is 1.77. The van der Waals surface area contributed by atoms with Crippen molar-refractivity contribution in [2.24, 2.45) is 5.10 Å². The first-order valence-electron chi connectivity index (χ1n) is 11.5. The van der Waals surface area contributed by atoms with Crippen LogP contribution >= 0.6 is 11.8 Å². The Bertz CT molecular complexity index is 1410. The highest BCUT2D eigenvalue weighted by molar-refractivity contribution is 7.99. The molecule has 11 heteroatoms. The Labute approximate surface area is 224 Å². The number of phenolic OH excluding ortho intramolecular Hbond substituents is 1. The molecule has 1 heterocycles. The number of hydrogen-bond donors (Lipinski definition) is 2. The fourth-order valence-electron chi connectivity index (χ4n) is 3.65. The van der Waals surface area contributed by atoms with E-state index in [0.717, 1.165) is 11.3 Å². The minimum absolute atomic E-state index is 0.0621. The van der Waals surface area contributed by atoms with Crippen LogP contribution in [0, 0.1) is 0 Å². The average Bonchev–Trinajstić information content (AvgIpc) is 3.38. The molecule has 0 aliphatic heterocycles. The number of nitrogens with zero attached hydrogens (tertiary/aromatic N) is 4. The van der Waals surface area contributed by atoms with Crippen LogP contribution in [0.4, 0.5) is 0 Å². The Hall–Kier alpha value is -4.51. The standard InChI is InChI=1S/C27H27N5O5S/c1-17(18-10-12-21(33)13-11-18)28-29-24(34)16-38-27-31-30-26(32(27)20-8-6-5-7-9-20)19-14-22(35-2)25(37-4)23(15-19)36-3/h5-15,33H,16H2,1-4H3,(H,29,34)/b28-17+. The van der Waals surface area contributed by atoms with Gasteiger partial charge in [-0.1, -0.05) is 30.0 Å². The van der Waals surface area contributed by atoms with E-state index in [1.807, 2.05) is 34.9 Å². The molecule has 4 rings (SSSR count). The van der Waals surface area contributed by atoms with Gasteiger partial charge in [0.2, 0.25) is 5.75 Å². The molecule has 38 heavy (non-hydrogen) atoms. The van der Waals surface area contributed by atoms with E-state index in [1.165, 1.54) is 11.8 Å². The summed E-state index contributed by atoms with van der Waals surface area (Å²) in [6, 6.07) is 19.8. The van der Waals surface area contributed by atoms with Crippen LogP contribution in [0.3, 0.4) is 0 Å². The number of nitrogens with one attached hydrogen (secondary N) is 1. The average molecular weight is 534 g/mol. The van der Waals surface area contributed by atoms with Crippen molar-refractivity contribution in [2.45, 2.75) is 12.1 Å². The van der Waals surface area contributed by atoms with E-state index in [9.17, 15) is 9.90 Å². The number of para-hydroxylation sites is 1.